The number of carbonyl (C=O) groups excluding carboxylic acids is 1. The zero-order valence-corrected chi connectivity index (χ0v) is 20.2. The average molecular weight is 476 g/mol. The Morgan fingerprint density at radius 1 is 1.06 bits per heavy atom. The first-order valence-electron chi connectivity index (χ1n) is 12.0. The molecular formula is C29H30FNO4. The van der Waals surface area contributed by atoms with Crippen LogP contribution in [0.1, 0.15) is 42.9 Å². The first-order chi connectivity index (χ1) is 17.0. The molecule has 3 aromatic carbocycles. The average Bonchev–Trinajstić information content (AvgIpc) is 3.73. The third kappa shape index (κ3) is 4.70. The van der Waals surface area contributed by atoms with Crippen molar-refractivity contribution in [3.8, 4) is 22.6 Å². The summed E-state index contributed by atoms with van der Waals surface area (Å²) in [7, 11) is 3.02. The highest BCUT2D eigenvalue weighted by atomic mass is 19.1. The number of ether oxygens (including phenoxy) is 3. The number of carbonyl (C=O) groups is 1. The molecule has 0 spiro atoms. The molecule has 0 aromatic heterocycles. The van der Waals surface area contributed by atoms with E-state index in [1.807, 2.05) is 37.3 Å². The summed E-state index contributed by atoms with van der Waals surface area (Å²) in [6, 6.07) is 18.7. The Bertz CT molecular complexity index is 1220. The molecule has 6 heteroatoms. The van der Waals surface area contributed by atoms with E-state index in [4.69, 9.17) is 14.2 Å². The van der Waals surface area contributed by atoms with E-state index in [9.17, 15) is 9.18 Å². The maximum Gasteiger partial charge on any atom is 0.309 e. The Morgan fingerprint density at radius 2 is 1.83 bits per heavy atom. The van der Waals surface area contributed by atoms with Gasteiger partial charge in [-0.15, -0.1) is 0 Å². The van der Waals surface area contributed by atoms with Gasteiger partial charge in [-0.1, -0.05) is 37.3 Å². The summed E-state index contributed by atoms with van der Waals surface area (Å²) in [6.45, 7) is 2.44. The van der Waals surface area contributed by atoms with Gasteiger partial charge in [0.1, 0.15) is 23.9 Å². The van der Waals surface area contributed by atoms with Crippen molar-refractivity contribution in [1.29, 1.82) is 0 Å². The van der Waals surface area contributed by atoms with Crippen molar-refractivity contribution in [2.75, 3.05) is 26.1 Å². The molecule has 1 aliphatic carbocycles. The Kier molecular flexibility index (Phi) is 6.37. The lowest BCUT2D eigenvalue weighted by molar-refractivity contribution is -0.145. The topological polar surface area (TPSA) is 56.8 Å². The van der Waals surface area contributed by atoms with Gasteiger partial charge >= 0.3 is 5.97 Å². The summed E-state index contributed by atoms with van der Waals surface area (Å²) >= 11 is 0. The molecule has 1 fully saturated rings. The second kappa shape index (κ2) is 9.61. The predicted molar refractivity (Wildman–Crippen MR) is 133 cm³/mol. The second-order valence-electron chi connectivity index (χ2n) is 9.41. The summed E-state index contributed by atoms with van der Waals surface area (Å²) in [5.74, 6) is 1.40. The lowest BCUT2D eigenvalue weighted by atomic mass is 9.83. The van der Waals surface area contributed by atoms with Gasteiger partial charge in [0.15, 0.2) is 0 Å². The van der Waals surface area contributed by atoms with Gasteiger partial charge in [0.25, 0.3) is 0 Å². The van der Waals surface area contributed by atoms with E-state index >= 15 is 0 Å². The molecule has 1 aliphatic heterocycles. The van der Waals surface area contributed by atoms with Crippen molar-refractivity contribution in [3.05, 3.63) is 77.6 Å². The zero-order valence-electron chi connectivity index (χ0n) is 20.2. The number of halogens is 1. The smallest absolute Gasteiger partial charge is 0.309 e. The number of nitrogens with one attached hydrogen (secondary N) is 1. The van der Waals surface area contributed by atoms with Gasteiger partial charge in [0.05, 0.1) is 31.9 Å². The van der Waals surface area contributed by atoms with Crippen molar-refractivity contribution < 1.29 is 23.4 Å². The second-order valence-corrected chi connectivity index (χ2v) is 9.41. The van der Waals surface area contributed by atoms with Crippen LogP contribution in [0.4, 0.5) is 10.1 Å². The number of fused-ring (bicyclic) bond motifs is 1. The molecule has 3 aromatic rings. The van der Waals surface area contributed by atoms with Crippen molar-refractivity contribution in [2.45, 2.75) is 31.7 Å². The maximum atomic E-state index is 14.4. The van der Waals surface area contributed by atoms with Crippen LogP contribution in [0.5, 0.6) is 11.5 Å². The van der Waals surface area contributed by atoms with E-state index in [2.05, 4.69) is 17.4 Å². The third-order valence-electron chi connectivity index (χ3n) is 7.16. The van der Waals surface area contributed by atoms with E-state index in [0.29, 0.717) is 23.8 Å². The van der Waals surface area contributed by atoms with Crippen LogP contribution in [-0.2, 0) is 9.53 Å². The Morgan fingerprint density at radius 3 is 2.51 bits per heavy atom. The van der Waals surface area contributed by atoms with Crippen LogP contribution in [0.3, 0.4) is 0 Å². The quantitative estimate of drug-likeness (QED) is 0.404. The number of hydrogen-bond acceptors (Lipinski definition) is 5. The lowest BCUT2D eigenvalue weighted by Gasteiger charge is -2.30. The SMILES string of the molecule is COC(=O)C(C)C(c1ccc2c(c1)NC(c1ccc(-c3cc(OC)ccc3F)cc1)CO2)C1CC1. The summed E-state index contributed by atoms with van der Waals surface area (Å²) in [5, 5.41) is 3.60. The van der Waals surface area contributed by atoms with Gasteiger partial charge in [0.2, 0.25) is 0 Å². The van der Waals surface area contributed by atoms with Crippen LogP contribution in [0.25, 0.3) is 11.1 Å². The molecule has 0 amide bonds. The number of anilines is 1. The van der Waals surface area contributed by atoms with Crippen molar-refractivity contribution in [1.82, 2.24) is 0 Å². The van der Waals surface area contributed by atoms with Crippen LogP contribution < -0.4 is 14.8 Å². The van der Waals surface area contributed by atoms with Crippen LogP contribution in [-0.4, -0.2) is 26.8 Å². The van der Waals surface area contributed by atoms with Crippen LogP contribution in [0.2, 0.25) is 0 Å². The van der Waals surface area contributed by atoms with Gasteiger partial charge in [-0.3, -0.25) is 4.79 Å². The molecule has 35 heavy (non-hydrogen) atoms. The monoisotopic (exact) mass is 475 g/mol. The fourth-order valence-electron chi connectivity index (χ4n) is 5.08. The molecule has 182 valence electrons. The van der Waals surface area contributed by atoms with E-state index in [1.54, 1.807) is 19.2 Å². The van der Waals surface area contributed by atoms with E-state index < -0.39 is 0 Å². The first kappa shape index (κ1) is 23.2. The molecule has 5 nitrogen and oxygen atoms in total. The fraction of sp³-hybridized carbons (Fsp3) is 0.345. The number of methoxy groups -OCH3 is 2. The summed E-state index contributed by atoms with van der Waals surface area (Å²) in [6.07, 6.45) is 2.27. The van der Waals surface area contributed by atoms with Gasteiger partial charge in [0, 0.05) is 5.56 Å². The standard InChI is InChI=1S/C29H30FNO4/c1-17(29(32)34-3)28(20-8-9-20)21-10-13-27-25(14-21)31-26(16-35-27)19-6-4-18(5-7-19)23-15-22(33-2)11-12-24(23)30/h4-7,10-15,17,20,26,28,31H,8-9,16H2,1-3H3. The molecular weight excluding hydrogens is 445 g/mol. The summed E-state index contributed by atoms with van der Waals surface area (Å²) < 4.78 is 30.7. The largest absolute Gasteiger partial charge is 0.497 e. The molecule has 0 radical (unpaired) electrons. The maximum absolute atomic E-state index is 14.4. The van der Waals surface area contributed by atoms with Crippen molar-refractivity contribution in [3.63, 3.8) is 0 Å². The molecule has 0 bridgehead atoms. The number of hydrogen-bond donors (Lipinski definition) is 1. The van der Waals surface area contributed by atoms with E-state index in [1.165, 1.54) is 13.2 Å². The minimum atomic E-state index is -0.287. The summed E-state index contributed by atoms with van der Waals surface area (Å²) in [4.78, 5) is 12.3. The van der Waals surface area contributed by atoms with Crippen LogP contribution in [0, 0.1) is 17.7 Å². The highest BCUT2D eigenvalue weighted by Gasteiger charge is 2.39. The molecule has 1 saturated carbocycles. The van der Waals surface area contributed by atoms with E-state index in [0.717, 1.165) is 41.0 Å². The number of rotatable bonds is 7. The lowest BCUT2D eigenvalue weighted by Crippen LogP contribution is -2.25. The Balaban J connectivity index is 1.37. The third-order valence-corrected chi connectivity index (χ3v) is 7.16. The van der Waals surface area contributed by atoms with Gasteiger partial charge in [-0.05, 0) is 71.7 Å². The van der Waals surface area contributed by atoms with E-state index in [-0.39, 0.29) is 29.7 Å². The van der Waals surface area contributed by atoms with Crippen molar-refractivity contribution in [2.24, 2.45) is 11.8 Å². The summed E-state index contributed by atoms with van der Waals surface area (Å²) in [5.41, 5.74) is 4.39. The van der Waals surface area contributed by atoms with Gasteiger partial charge in [-0.25, -0.2) is 4.39 Å². The Labute approximate surface area is 205 Å². The van der Waals surface area contributed by atoms with Crippen LogP contribution in [0.15, 0.2) is 60.7 Å². The first-order valence-corrected chi connectivity index (χ1v) is 12.0. The van der Waals surface area contributed by atoms with Gasteiger partial charge < -0.3 is 19.5 Å². The fourth-order valence-corrected chi connectivity index (χ4v) is 5.08. The molecule has 2 aliphatic rings. The molecule has 0 saturated heterocycles. The molecule has 3 unspecified atom stereocenters. The predicted octanol–water partition coefficient (Wildman–Crippen LogP) is 6.35. The highest BCUT2D eigenvalue weighted by Crippen LogP contribution is 2.48. The van der Waals surface area contributed by atoms with Gasteiger partial charge in [-0.2, -0.15) is 0 Å². The van der Waals surface area contributed by atoms with Crippen LogP contribution >= 0.6 is 0 Å². The van der Waals surface area contributed by atoms with Crippen molar-refractivity contribution >= 4 is 11.7 Å². The zero-order chi connectivity index (χ0) is 24.5. The minimum absolute atomic E-state index is 0.0423. The Hall–Kier alpha value is -3.54. The normalized spacial score (nSPS) is 18.5. The molecule has 3 atom stereocenters. The molecule has 1 N–H and O–H groups in total. The minimum Gasteiger partial charge on any atom is -0.497 e. The number of esters is 1. The highest BCUT2D eigenvalue weighted by molar-refractivity contribution is 5.74. The molecule has 5 rings (SSSR count). The molecule has 1 heterocycles. The number of benzene rings is 3.